The Bertz CT molecular complexity index is 659. The second kappa shape index (κ2) is 5.60. The van der Waals surface area contributed by atoms with Gasteiger partial charge in [-0.15, -0.1) is 11.3 Å². The third kappa shape index (κ3) is 2.48. The van der Waals surface area contributed by atoms with E-state index in [0.717, 1.165) is 12.8 Å². The number of thiophene rings is 1. The van der Waals surface area contributed by atoms with E-state index in [2.05, 4.69) is 0 Å². The van der Waals surface area contributed by atoms with E-state index in [4.69, 9.17) is 11.6 Å². The van der Waals surface area contributed by atoms with E-state index in [1.807, 2.05) is 4.90 Å². The Morgan fingerprint density at radius 3 is 2.17 bits per heavy atom. The van der Waals surface area contributed by atoms with Crippen molar-refractivity contribution in [2.75, 3.05) is 0 Å². The third-order valence-electron chi connectivity index (χ3n) is 5.18. The number of hydrogen-bond donors (Lipinski definition) is 0. The average molecular weight is 353 g/mol. The average Bonchev–Trinajstić information content (AvgIpc) is 3.16. The van der Waals surface area contributed by atoms with Crippen molar-refractivity contribution < 1.29 is 14.4 Å². The van der Waals surface area contributed by atoms with Gasteiger partial charge < -0.3 is 4.90 Å². The van der Waals surface area contributed by atoms with Crippen molar-refractivity contribution in [1.82, 2.24) is 9.80 Å². The Balaban J connectivity index is 1.53. The SMILES string of the molecule is O=C1CCC(=O)N1C1CC2CCC(C1)N2C(=O)c1ccc(Cl)s1. The number of carbonyl (C=O) groups is 3. The summed E-state index contributed by atoms with van der Waals surface area (Å²) in [5.41, 5.74) is 0. The highest BCUT2D eigenvalue weighted by atomic mass is 35.5. The zero-order chi connectivity index (χ0) is 16.1. The number of halogens is 1. The molecule has 2 unspecified atom stereocenters. The molecular weight excluding hydrogens is 336 g/mol. The van der Waals surface area contributed by atoms with Crippen molar-refractivity contribution in [2.45, 2.75) is 56.7 Å². The summed E-state index contributed by atoms with van der Waals surface area (Å²) in [4.78, 5) is 40.8. The summed E-state index contributed by atoms with van der Waals surface area (Å²) < 4.78 is 0.615. The first-order valence-corrected chi connectivity index (χ1v) is 9.17. The predicted octanol–water partition coefficient (Wildman–Crippen LogP) is 2.69. The first kappa shape index (κ1) is 15.1. The minimum atomic E-state index is -0.0517. The highest BCUT2D eigenvalue weighted by Gasteiger charge is 2.48. The molecule has 122 valence electrons. The molecular formula is C16H17ClN2O3S. The highest BCUT2D eigenvalue weighted by molar-refractivity contribution is 7.17. The van der Waals surface area contributed by atoms with Gasteiger partial charge in [0.15, 0.2) is 0 Å². The van der Waals surface area contributed by atoms with Crippen LogP contribution in [0.1, 0.15) is 48.2 Å². The summed E-state index contributed by atoms with van der Waals surface area (Å²) in [7, 11) is 0. The Kier molecular flexibility index (Phi) is 3.69. The molecule has 0 saturated carbocycles. The number of nitrogens with zero attached hydrogens (tertiary/aromatic N) is 2. The zero-order valence-corrected chi connectivity index (χ0v) is 14.1. The molecule has 3 saturated heterocycles. The maximum atomic E-state index is 12.8. The van der Waals surface area contributed by atoms with Crippen LogP contribution in [0.3, 0.4) is 0 Å². The summed E-state index contributed by atoms with van der Waals surface area (Å²) >= 11 is 7.24. The second-order valence-electron chi connectivity index (χ2n) is 6.48. The van der Waals surface area contributed by atoms with Gasteiger partial charge in [0.05, 0.1) is 9.21 Å². The highest BCUT2D eigenvalue weighted by Crippen LogP contribution is 2.40. The van der Waals surface area contributed by atoms with Gasteiger partial charge in [0.25, 0.3) is 5.91 Å². The van der Waals surface area contributed by atoms with Crippen LogP contribution in [0.2, 0.25) is 4.34 Å². The van der Waals surface area contributed by atoms with Gasteiger partial charge in [-0.2, -0.15) is 0 Å². The summed E-state index contributed by atoms with van der Waals surface area (Å²) in [6.07, 6.45) is 3.98. The van der Waals surface area contributed by atoms with Crippen LogP contribution in [0.5, 0.6) is 0 Å². The lowest BCUT2D eigenvalue weighted by molar-refractivity contribution is -0.142. The number of likely N-dealkylation sites (tertiary alicyclic amines) is 1. The Morgan fingerprint density at radius 2 is 1.65 bits per heavy atom. The molecule has 2 atom stereocenters. The molecule has 0 N–H and O–H groups in total. The van der Waals surface area contributed by atoms with E-state index in [-0.39, 0.29) is 35.8 Å². The minimum Gasteiger partial charge on any atom is -0.332 e. The molecule has 3 aliphatic heterocycles. The molecule has 3 aliphatic rings. The molecule has 23 heavy (non-hydrogen) atoms. The molecule has 1 aromatic rings. The summed E-state index contributed by atoms with van der Waals surface area (Å²) in [6, 6.07) is 3.72. The van der Waals surface area contributed by atoms with Gasteiger partial charge in [-0.3, -0.25) is 19.3 Å². The van der Waals surface area contributed by atoms with E-state index >= 15 is 0 Å². The number of piperidine rings is 1. The monoisotopic (exact) mass is 352 g/mol. The van der Waals surface area contributed by atoms with Crippen molar-refractivity contribution in [3.63, 3.8) is 0 Å². The molecule has 7 heteroatoms. The third-order valence-corrected chi connectivity index (χ3v) is 6.40. The lowest BCUT2D eigenvalue weighted by Crippen LogP contribution is -2.53. The number of rotatable bonds is 2. The molecule has 4 rings (SSSR count). The van der Waals surface area contributed by atoms with Crippen LogP contribution in [0.15, 0.2) is 12.1 Å². The van der Waals surface area contributed by atoms with Gasteiger partial charge in [0.2, 0.25) is 11.8 Å². The largest absolute Gasteiger partial charge is 0.332 e. The molecule has 3 fully saturated rings. The van der Waals surface area contributed by atoms with Crippen LogP contribution >= 0.6 is 22.9 Å². The number of imide groups is 1. The van der Waals surface area contributed by atoms with Crippen LogP contribution in [0.4, 0.5) is 0 Å². The van der Waals surface area contributed by atoms with Crippen LogP contribution in [0, 0.1) is 0 Å². The smallest absolute Gasteiger partial charge is 0.264 e. The Labute approximate surface area is 143 Å². The fourth-order valence-electron chi connectivity index (χ4n) is 4.25. The number of hydrogen-bond acceptors (Lipinski definition) is 4. The number of fused-ring (bicyclic) bond motifs is 2. The topological polar surface area (TPSA) is 57.7 Å². The molecule has 5 nitrogen and oxygen atoms in total. The predicted molar refractivity (Wildman–Crippen MR) is 86.4 cm³/mol. The summed E-state index contributed by atoms with van der Waals surface area (Å²) in [6.45, 7) is 0. The molecule has 0 aromatic carbocycles. The fourth-order valence-corrected chi connectivity index (χ4v) is 5.24. The molecule has 0 aliphatic carbocycles. The fraction of sp³-hybridized carbons (Fsp3) is 0.562. The zero-order valence-electron chi connectivity index (χ0n) is 12.5. The van der Waals surface area contributed by atoms with E-state index in [1.165, 1.54) is 16.2 Å². The van der Waals surface area contributed by atoms with Crippen LogP contribution in [-0.2, 0) is 9.59 Å². The first-order valence-electron chi connectivity index (χ1n) is 7.97. The molecule has 2 bridgehead atoms. The molecule has 0 radical (unpaired) electrons. The lowest BCUT2D eigenvalue weighted by Gasteiger charge is -2.41. The lowest BCUT2D eigenvalue weighted by atomic mass is 9.95. The summed E-state index contributed by atoms with van der Waals surface area (Å²) in [5, 5.41) is 0. The van der Waals surface area contributed by atoms with E-state index < -0.39 is 0 Å². The van der Waals surface area contributed by atoms with Gasteiger partial charge in [-0.25, -0.2) is 0 Å². The Hall–Kier alpha value is -1.40. The van der Waals surface area contributed by atoms with E-state index in [1.54, 1.807) is 12.1 Å². The van der Waals surface area contributed by atoms with Crippen LogP contribution < -0.4 is 0 Å². The minimum absolute atomic E-state index is 0.0342. The van der Waals surface area contributed by atoms with Crippen LogP contribution in [-0.4, -0.2) is 45.6 Å². The van der Waals surface area contributed by atoms with Gasteiger partial charge >= 0.3 is 0 Å². The molecule has 1 aromatic heterocycles. The van der Waals surface area contributed by atoms with Crippen molar-refractivity contribution in [1.29, 1.82) is 0 Å². The molecule has 3 amide bonds. The maximum Gasteiger partial charge on any atom is 0.264 e. The quantitative estimate of drug-likeness (QED) is 0.769. The van der Waals surface area contributed by atoms with Crippen molar-refractivity contribution in [2.24, 2.45) is 0 Å². The summed E-state index contributed by atoms with van der Waals surface area (Å²) in [5.74, 6) is -0.0691. The van der Waals surface area contributed by atoms with Gasteiger partial charge in [0.1, 0.15) is 0 Å². The normalized spacial score (nSPS) is 30.4. The van der Waals surface area contributed by atoms with Gasteiger partial charge in [0, 0.05) is 31.0 Å². The van der Waals surface area contributed by atoms with Crippen molar-refractivity contribution >= 4 is 40.7 Å². The van der Waals surface area contributed by atoms with Crippen LogP contribution in [0.25, 0.3) is 0 Å². The van der Waals surface area contributed by atoms with Crippen molar-refractivity contribution in [3.05, 3.63) is 21.3 Å². The maximum absolute atomic E-state index is 12.8. The van der Waals surface area contributed by atoms with E-state index in [0.29, 0.717) is 34.9 Å². The second-order valence-corrected chi connectivity index (χ2v) is 8.20. The first-order chi connectivity index (χ1) is 11.0. The Morgan fingerprint density at radius 1 is 1.04 bits per heavy atom. The van der Waals surface area contributed by atoms with Crippen molar-refractivity contribution in [3.8, 4) is 0 Å². The number of amides is 3. The number of carbonyl (C=O) groups excluding carboxylic acids is 3. The standard InChI is InChI=1S/C16H17ClN2O3S/c17-13-4-3-12(23-13)16(22)18-9-1-2-10(18)8-11(7-9)19-14(20)5-6-15(19)21/h3-4,9-11H,1-2,5-8H2. The molecule has 4 heterocycles. The van der Waals surface area contributed by atoms with Gasteiger partial charge in [-0.05, 0) is 37.8 Å². The van der Waals surface area contributed by atoms with Gasteiger partial charge in [-0.1, -0.05) is 11.6 Å². The molecule has 0 spiro atoms. The van der Waals surface area contributed by atoms with E-state index in [9.17, 15) is 14.4 Å².